The number of furan rings is 1. The highest BCUT2D eigenvalue weighted by Gasteiger charge is 2.11. The molecule has 0 atom stereocenters. The molecule has 3 rings (SSSR count). The smallest absolute Gasteiger partial charge is 0.307 e. The van der Waals surface area contributed by atoms with E-state index >= 15 is 0 Å². The van der Waals surface area contributed by atoms with Gasteiger partial charge in [-0.15, -0.1) is 0 Å². The zero-order valence-electron chi connectivity index (χ0n) is 13.8. The average molecular weight is 401 g/mol. The molecule has 3 aromatic rings. The number of ether oxygens (including phenoxy) is 1. The Morgan fingerprint density at radius 1 is 1.24 bits per heavy atom. The lowest BCUT2D eigenvalue weighted by Gasteiger charge is -2.11. The van der Waals surface area contributed by atoms with E-state index in [1.165, 1.54) is 0 Å². The van der Waals surface area contributed by atoms with Gasteiger partial charge in [-0.25, -0.2) is 5.43 Å². The SMILES string of the molecule is CC(C)Oc1ccc(C=NNC(=O)c2cc3ccccc3o2)cc1Br. The van der Waals surface area contributed by atoms with Crippen molar-refractivity contribution in [2.75, 3.05) is 0 Å². The number of para-hydroxylation sites is 1. The molecule has 0 bridgehead atoms. The third-order valence-corrected chi connectivity index (χ3v) is 3.97. The third kappa shape index (κ3) is 4.28. The van der Waals surface area contributed by atoms with Crippen LogP contribution in [-0.2, 0) is 0 Å². The van der Waals surface area contributed by atoms with E-state index in [4.69, 9.17) is 9.15 Å². The molecule has 2 aromatic carbocycles. The first-order chi connectivity index (χ1) is 12.0. The van der Waals surface area contributed by atoms with Crippen molar-refractivity contribution in [1.82, 2.24) is 5.43 Å². The molecular weight excluding hydrogens is 384 g/mol. The van der Waals surface area contributed by atoms with Gasteiger partial charge in [0, 0.05) is 5.39 Å². The lowest BCUT2D eigenvalue weighted by atomic mass is 10.2. The standard InChI is InChI=1S/C19H17BrN2O3/c1-12(2)24-17-8-7-13(9-15(17)20)11-21-22-19(23)18-10-14-5-3-4-6-16(14)25-18/h3-12H,1-2H3,(H,22,23). The van der Waals surface area contributed by atoms with Gasteiger partial charge in [-0.05, 0) is 65.7 Å². The van der Waals surface area contributed by atoms with Crippen LogP contribution in [0.4, 0.5) is 0 Å². The van der Waals surface area contributed by atoms with Crippen LogP contribution in [0, 0.1) is 0 Å². The van der Waals surface area contributed by atoms with Crippen molar-refractivity contribution < 1.29 is 13.9 Å². The van der Waals surface area contributed by atoms with E-state index in [9.17, 15) is 4.79 Å². The summed E-state index contributed by atoms with van der Waals surface area (Å²) in [5.41, 5.74) is 3.96. The Labute approximate surface area is 153 Å². The molecule has 1 aromatic heterocycles. The molecule has 5 nitrogen and oxygen atoms in total. The Bertz CT molecular complexity index is 898. The van der Waals surface area contributed by atoms with Crippen LogP contribution in [0.2, 0.25) is 0 Å². The highest BCUT2D eigenvalue weighted by molar-refractivity contribution is 9.10. The maximum atomic E-state index is 12.1. The first-order valence-corrected chi connectivity index (χ1v) is 8.60. The molecule has 1 heterocycles. The molecule has 0 saturated carbocycles. The number of benzene rings is 2. The van der Waals surface area contributed by atoms with E-state index < -0.39 is 5.91 Å². The van der Waals surface area contributed by atoms with Gasteiger partial charge in [0.2, 0.25) is 0 Å². The Morgan fingerprint density at radius 3 is 2.76 bits per heavy atom. The molecule has 0 radical (unpaired) electrons. The molecule has 6 heteroatoms. The third-order valence-electron chi connectivity index (χ3n) is 3.35. The van der Waals surface area contributed by atoms with Crippen LogP contribution >= 0.6 is 15.9 Å². The first kappa shape index (κ1) is 17.2. The summed E-state index contributed by atoms with van der Waals surface area (Å²) < 4.78 is 12.0. The predicted molar refractivity (Wildman–Crippen MR) is 101 cm³/mol. The molecule has 25 heavy (non-hydrogen) atoms. The number of carbonyl (C=O) groups excluding carboxylic acids is 1. The highest BCUT2D eigenvalue weighted by atomic mass is 79.9. The van der Waals surface area contributed by atoms with E-state index in [0.717, 1.165) is 21.2 Å². The van der Waals surface area contributed by atoms with E-state index in [1.54, 1.807) is 12.3 Å². The van der Waals surface area contributed by atoms with Gasteiger partial charge in [-0.2, -0.15) is 5.10 Å². The van der Waals surface area contributed by atoms with E-state index in [2.05, 4.69) is 26.5 Å². The number of amides is 1. The van der Waals surface area contributed by atoms with E-state index in [1.807, 2.05) is 56.3 Å². The summed E-state index contributed by atoms with van der Waals surface area (Å²) in [6, 6.07) is 14.7. The van der Waals surface area contributed by atoms with Crippen molar-refractivity contribution in [2.45, 2.75) is 20.0 Å². The molecule has 128 valence electrons. The summed E-state index contributed by atoms with van der Waals surface area (Å²) in [6.45, 7) is 3.94. The Balaban J connectivity index is 1.66. The maximum absolute atomic E-state index is 12.1. The maximum Gasteiger partial charge on any atom is 0.307 e. The van der Waals surface area contributed by atoms with Gasteiger partial charge in [0.25, 0.3) is 0 Å². The predicted octanol–water partition coefficient (Wildman–Crippen LogP) is 4.75. The van der Waals surface area contributed by atoms with Crippen LogP contribution in [0.3, 0.4) is 0 Å². The van der Waals surface area contributed by atoms with Gasteiger partial charge in [-0.3, -0.25) is 4.79 Å². The number of fused-ring (bicyclic) bond motifs is 1. The van der Waals surface area contributed by atoms with E-state index in [-0.39, 0.29) is 11.9 Å². The number of rotatable bonds is 5. The fraction of sp³-hybridized carbons (Fsp3) is 0.158. The van der Waals surface area contributed by atoms with Crippen LogP contribution in [0.15, 0.2) is 62.5 Å². The Morgan fingerprint density at radius 2 is 2.04 bits per heavy atom. The van der Waals surface area contributed by atoms with Crippen LogP contribution in [0.25, 0.3) is 11.0 Å². The molecule has 0 spiro atoms. The second-order valence-corrected chi connectivity index (χ2v) is 6.56. The summed E-state index contributed by atoms with van der Waals surface area (Å²) >= 11 is 3.46. The number of nitrogens with one attached hydrogen (secondary N) is 1. The Kier molecular flexibility index (Phi) is 5.19. The average Bonchev–Trinajstić information content (AvgIpc) is 3.01. The summed E-state index contributed by atoms with van der Waals surface area (Å²) in [4.78, 5) is 12.1. The number of halogens is 1. The van der Waals surface area contributed by atoms with Gasteiger partial charge in [0.1, 0.15) is 11.3 Å². The van der Waals surface area contributed by atoms with Crippen molar-refractivity contribution in [3.05, 3.63) is 64.3 Å². The number of carbonyl (C=O) groups is 1. The molecule has 0 fully saturated rings. The molecule has 0 saturated heterocycles. The zero-order chi connectivity index (χ0) is 17.8. The first-order valence-electron chi connectivity index (χ1n) is 7.81. The van der Waals surface area contributed by atoms with Crippen LogP contribution in [0.1, 0.15) is 30.0 Å². The van der Waals surface area contributed by atoms with Crippen LogP contribution in [-0.4, -0.2) is 18.2 Å². The van der Waals surface area contributed by atoms with Crippen molar-refractivity contribution >= 4 is 39.0 Å². The van der Waals surface area contributed by atoms with Gasteiger partial charge in [0.15, 0.2) is 5.76 Å². The minimum absolute atomic E-state index is 0.0962. The lowest BCUT2D eigenvalue weighted by Crippen LogP contribution is -2.16. The van der Waals surface area contributed by atoms with Gasteiger partial charge in [0.05, 0.1) is 16.8 Å². The van der Waals surface area contributed by atoms with Gasteiger partial charge >= 0.3 is 5.91 Å². The van der Waals surface area contributed by atoms with E-state index in [0.29, 0.717) is 5.58 Å². The largest absolute Gasteiger partial charge is 0.490 e. The normalized spacial score (nSPS) is 11.4. The molecule has 1 N–H and O–H groups in total. The van der Waals surface area contributed by atoms with Gasteiger partial charge in [-0.1, -0.05) is 18.2 Å². The fourth-order valence-electron chi connectivity index (χ4n) is 2.26. The Hall–Kier alpha value is -2.60. The monoisotopic (exact) mass is 400 g/mol. The zero-order valence-corrected chi connectivity index (χ0v) is 15.4. The number of hydrogen-bond donors (Lipinski definition) is 1. The second kappa shape index (κ2) is 7.53. The van der Waals surface area contributed by atoms with Crippen LogP contribution in [0.5, 0.6) is 5.75 Å². The number of nitrogens with zero attached hydrogens (tertiary/aromatic N) is 1. The minimum atomic E-state index is -0.397. The summed E-state index contributed by atoms with van der Waals surface area (Å²) in [5, 5.41) is 4.85. The molecule has 0 unspecified atom stereocenters. The highest BCUT2D eigenvalue weighted by Crippen LogP contribution is 2.26. The van der Waals surface area contributed by atoms with Crippen molar-refractivity contribution in [2.24, 2.45) is 5.10 Å². The number of hydrogen-bond acceptors (Lipinski definition) is 4. The quantitative estimate of drug-likeness (QED) is 0.496. The summed E-state index contributed by atoms with van der Waals surface area (Å²) in [5.74, 6) is 0.588. The minimum Gasteiger partial charge on any atom is -0.490 e. The topological polar surface area (TPSA) is 63.8 Å². The van der Waals surface area contributed by atoms with Crippen molar-refractivity contribution in [3.63, 3.8) is 0 Å². The second-order valence-electron chi connectivity index (χ2n) is 5.70. The summed E-state index contributed by atoms with van der Waals surface area (Å²) in [7, 11) is 0. The summed E-state index contributed by atoms with van der Waals surface area (Å²) in [6.07, 6.45) is 1.66. The molecule has 0 aliphatic rings. The lowest BCUT2D eigenvalue weighted by molar-refractivity contribution is 0.0929. The number of hydrazone groups is 1. The van der Waals surface area contributed by atoms with Crippen molar-refractivity contribution in [1.29, 1.82) is 0 Å². The molecular formula is C19H17BrN2O3. The molecule has 1 amide bonds. The molecule has 0 aliphatic heterocycles. The fourth-order valence-corrected chi connectivity index (χ4v) is 2.75. The van der Waals surface area contributed by atoms with Gasteiger partial charge < -0.3 is 9.15 Å². The van der Waals surface area contributed by atoms with Crippen LogP contribution < -0.4 is 10.2 Å². The molecule has 0 aliphatic carbocycles. The van der Waals surface area contributed by atoms with Crippen molar-refractivity contribution in [3.8, 4) is 5.75 Å².